The number of hydrogen-bond acceptors (Lipinski definition) is 9. The highest BCUT2D eigenvalue weighted by molar-refractivity contribution is 8.00. The second-order valence-corrected chi connectivity index (χ2v) is 11.9. The topological polar surface area (TPSA) is 125 Å². The van der Waals surface area contributed by atoms with E-state index in [1.807, 2.05) is 43.3 Å². The Bertz CT molecular complexity index is 1640. The van der Waals surface area contributed by atoms with Crippen molar-refractivity contribution in [2.24, 2.45) is 5.73 Å². The lowest BCUT2D eigenvalue weighted by Gasteiger charge is -2.42. The molecule has 3 aromatic rings. The molecule has 6 rings (SSSR count). The van der Waals surface area contributed by atoms with Gasteiger partial charge in [-0.15, -0.1) is 10.2 Å². The fourth-order valence-corrected chi connectivity index (χ4v) is 7.60. The third kappa shape index (κ3) is 3.57. The van der Waals surface area contributed by atoms with Gasteiger partial charge < -0.3 is 11.1 Å². The normalized spacial score (nSPS) is 20.5. The number of nitriles is 1. The van der Waals surface area contributed by atoms with Gasteiger partial charge in [0.05, 0.1) is 5.57 Å². The molecule has 3 aliphatic rings. The van der Waals surface area contributed by atoms with Crippen molar-refractivity contribution >= 4 is 57.2 Å². The van der Waals surface area contributed by atoms with E-state index in [1.54, 1.807) is 11.0 Å². The molecule has 0 radical (unpaired) electrons. The van der Waals surface area contributed by atoms with Crippen LogP contribution in [0, 0.1) is 18.3 Å². The molecule has 0 saturated heterocycles. The first-order valence-corrected chi connectivity index (χ1v) is 14.1. The Morgan fingerprint density at radius 2 is 2.05 bits per heavy atom. The first-order valence-electron chi connectivity index (χ1n) is 12.0. The predicted molar refractivity (Wildman–Crippen MR) is 148 cm³/mol. The average Bonchev–Trinajstić information content (AvgIpc) is 3.47. The number of benzene rings is 2. The number of amides is 1. The summed E-state index contributed by atoms with van der Waals surface area (Å²) in [6.45, 7) is 1.91. The summed E-state index contributed by atoms with van der Waals surface area (Å²) >= 11 is 9.10. The van der Waals surface area contributed by atoms with E-state index in [9.17, 15) is 14.9 Å². The van der Waals surface area contributed by atoms with Crippen molar-refractivity contribution in [1.82, 2.24) is 10.2 Å². The summed E-state index contributed by atoms with van der Waals surface area (Å²) in [7, 11) is 0. The number of nitrogens with zero attached hydrogens (tertiary/aromatic N) is 4. The lowest BCUT2D eigenvalue weighted by atomic mass is 9.64. The number of aryl methyl sites for hydroxylation is 1. The molecule has 0 bridgehead atoms. The standard InChI is InChI=1S/C27H21ClN6O2S2/c1-14-9-10-19-16(11-14)27(24(36)31-19)17(12-29)23(30)34(20-7-4-8-21(35)22(20)27)25-32-33-26(38-25)37-13-15-5-2-3-6-18(15)28/h2-3,5-6,9-11H,4,7-8,13,30H2,1H3,(H,31,36)/t27-/m0/s1. The van der Waals surface area contributed by atoms with Gasteiger partial charge in [0.2, 0.25) is 11.0 Å². The van der Waals surface area contributed by atoms with Gasteiger partial charge in [0.1, 0.15) is 17.3 Å². The smallest absolute Gasteiger partial charge is 0.245 e. The fraction of sp³-hybridized carbons (Fsp3) is 0.222. The summed E-state index contributed by atoms with van der Waals surface area (Å²) in [5.74, 6) is 0.0888. The number of hydrogen-bond donors (Lipinski definition) is 2. The van der Waals surface area contributed by atoms with Crippen LogP contribution in [0.3, 0.4) is 0 Å². The van der Waals surface area contributed by atoms with Crippen molar-refractivity contribution in [1.29, 1.82) is 5.26 Å². The maximum absolute atomic E-state index is 13.7. The molecule has 1 aliphatic carbocycles. The number of Topliss-reactive ketones (excluding diaryl/α,β-unsaturated/α-hetero) is 1. The van der Waals surface area contributed by atoms with Gasteiger partial charge in [-0.3, -0.25) is 14.5 Å². The number of nitrogens with one attached hydrogen (secondary N) is 1. The van der Waals surface area contributed by atoms with Gasteiger partial charge in [-0.2, -0.15) is 5.26 Å². The van der Waals surface area contributed by atoms with E-state index in [0.717, 1.165) is 11.1 Å². The number of allylic oxidation sites excluding steroid dienone is 1. The minimum Gasteiger partial charge on any atom is -0.384 e. The SMILES string of the molecule is Cc1ccc2c(c1)[C@]1(C(=O)N2)C(C#N)=C(N)N(c2nnc(SCc3ccccc3Cl)s2)C2=C1C(=O)CCC2. The molecule has 2 aromatic carbocycles. The van der Waals surface area contributed by atoms with Gasteiger partial charge >= 0.3 is 0 Å². The molecule has 0 fully saturated rings. The summed E-state index contributed by atoms with van der Waals surface area (Å²) < 4.78 is 0.690. The summed E-state index contributed by atoms with van der Waals surface area (Å²) in [5, 5.41) is 23.1. The number of anilines is 2. The van der Waals surface area contributed by atoms with Crippen molar-refractivity contribution in [2.75, 3.05) is 10.2 Å². The molecule has 38 heavy (non-hydrogen) atoms. The van der Waals surface area contributed by atoms with E-state index in [0.29, 0.717) is 55.6 Å². The maximum atomic E-state index is 13.7. The minimum atomic E-state index is -1.59. The zero-order valence-electron chi connectivity index (χ0n) is 20.2. The lowest BCUT2D eigenvalue weighted by molar-refractivity contribution is -0.122. The molecule has 11 heteroatoms. The van der Waals surface area contributed by atoms with Crippen molar-refractivity contribution in [3.63, 3.8) is 0 Å². The number of halogens is 1. The summed E-state index contributed by atoms with van der Waals surface area (Å²) in [5.41, 5.74) is 9.08. The van der Waals surface area contributed by atoms with Gasteiger partial charge in [-0.1, -0.05) is 70.6 Å². The quantitative estimate of drug-likeness (QED) is 0.417. The van der Waals surface area contributed by atoms with Crippen LogP contribution in [0.4, 0.5) is 10.8 Å². The van der Waals surface area contributed by atoms with Crippen molar-refractivity contribution in [2.45, 2.75) is 41.7 Å². The highest BCUT2D eigenvalue weighted by atomic mass is 35.5. The van der Waals surface area contributed by atoms with Gasteiger partial charge in [-0.25, -0.2) is 0 Å². The van der Waals surface area contributed by atoms with E-state index in [4.69, 9.17) is 17.3 Å². The van der Waals surface area contributed by atoms with Crippen LogP contribution in [0.5, 0.6) is 0 Å². The van der Waals surface area contributed by atoms with Gasteiger partial charge in [-0.05, 0) is 37.5 Å². The molecule has 1 amide bonds. The van der Waals surface area contributed by atoms with Crippen LogP contribution >= 0.6 is 34.7 Å². The van der Waals surface area contributed by atoms with Crippen LogP contribution < -0.4 is 16.0 Å². The Kier molecular flexibility index (Phi) is 6.02. The van der Waals surface area contributed by atoms with Gasteiger partial charge in [0, 0.05) is 39.7 Å². The molecule has 2 aliphatic heterocycles. The minimum absolute atomic E-state index is 0.0221. The van der Waals surface area contributed by atoms with Crippen LogP contribution in [0.1, 0.15) is 36.0 Å². The van der Waals surface area contributed by atoms with E-state index < -0.39 is 11.3 Å². The van der Waals surface area contributed by atoms with Crippen molar-refractivity contribution in [3.8, 4) is 6.07 Å². The molecule has 0 saturated carbocycles. The highest BCUT2D eigenvalue weighted by Crippen LogP contribution is 2.55. The molecule has 8 nitrogen and oxygen atoms in total. The number of carbonyl (C=O) groups excluding carboxylic acids is 2. The van der Waals surface area contributed by atoms with Crippen molar-refractivity contribution in [3.05, 3.63) is 86.8 Å². The molecule has 190 valence electrons. The number of thioether (sulfide) groups is 1. The van der Waals surface area contributed by atoms with Crippen LogP contribution in [0.25, 0.3) is 0 Å². The second kappa shape index (κ2) is 9.27. The van der Waals surface area contributed by atoms with E-state index in [2.05, 4.69) is 21.6 Å². The second-order valence-electron chi connectivity index (χ2n) is 9.29. The van der Waals surface area contributed by atoms with Crippen LogP contribution in [-0.4, -0.2) is 21.9 Å². The lowest BCUT2D eigenvalue weighted by Crippen LogP contribution is -2.50. The first-order chi connectivity index (χ1) is 18.4. The predicted octanol–water partition coefficient (Wildman–Crippen LogP) is 5.20. The Hall–Kier alpha value is -3.65. The first kappa shape index (κ1) is 24.7. The summed E-state index contributed by atoms with van der Waals surface area (Å²) in [6, 6.07) is 15.3. The molecule has 3 N–H and O–H groups in total. The third-order valence-corrected chi connectivity index (χ3v) is 9.54. The number of fused-ring (bicyclic) bond motifs is 3. The molecule has 0 unspecified atom stereocenters. The zero-order chi connectivity index (χ0) is 26.6. The Balaban J connectivity index is 1.48. The largest absolute Gasteiger partial charge is 0.384 e. The molecule has 1 atom stereocenters. The van der Waals surface area contributed by atoms with Gasteiger partial charge in [0.25, 0.3) is 0 Å². The number of ketones is 1. The number of aromatic nitrogens is 2. The molecule has 1 spiro atoms. The number of rotatable bonds is 4. The van der Waals surface area contributed by atoms with Crippen LogP contribution in [-0.2, 0) is 20.8 Å². The Morgan fingerprint density at radius 1 is 1.24 bits per heavy atom. The van der Waals surface area contributed by atoms with Crippen LogP contribution in [0.2, 0.25) is 5.02 Å². The highest BCUT2D eigenvalue weighted by Gasteiger charge is 2.60. The number of carbonyl (C=O) groups is 2. The van der Waals surface area contributed by atoms with Gasteiger partial charge in [0.15, 0.2) is 10.1 Å². The summed E-state index contributed by atoms with van der Waals surface area (Å²) in [4.78, 5) is 29.0. The third-order valence-electron chi connectivity index (χ3n) is 7.08. The van der Waals surface area contributed by atoms with Crippen molar-refractivity contribution < 1.29 is 9.59 Å². The Morgan fingerprint density at radius 3 is 2.84 bits per heavy atom. The zero-order valence-corrected chi connectivity index (χ0v) is 22.6. The average molecular weight is 561 g/mol. The molecule has 1 aromatic heterocycles. The molecular formula is C27H21ClN6O2S2. The molecular weight excluding hydrogens is 540 g/mol. The Labute approximate surface area is 232 Å². The maximum Gasteiger partial charge on any atom is 0.245 e. The van der Waals surface area contributed by atoms with E-state index in [1.165, 1.54) is 23.1 Å². The monoisotopic (exact) mass is 560 g/mol. The fourth-order valence-electron chi connectivity index (χ4n) is 5.43. The van der Waals surface area contributed by atoms with E-state index in [-0.39, 0.29) is 23.6 Å². The summed E-state index contributed by atoms with van der Waals surface area (Å²) in [6.07, 6.45) is 1.41. The van der Waals surface area contributed by atoms with E-state index >= 15 is 0 Å². The molecule has 3 heterocycles. The number of nitrogens with two attached hydrogens (primary N) is 1. The van der Waals surface area contributed by atoms with Crippen LogP contribution in [0.15, 0.2) is 69.5 Å².